The highest BCUT2D eigenvalue weighted by Crippen LogP contribution is 2.25. The van der Waals surface area contributed by atoms with Gasteiger partial charge in [0.2, 0.25) is 5.91 Å². The standard InChI is InChI=1S/C21H26FN3O/c1-3-24-9-11-25(12-10-24)20-8-7-19(13-16(20)2)23-21(26)15-17-5-4-6-18(22)14-17/h4-8,13-14H,3,9-12,15H2,1-2H3,(H,23,26). The fraction of sp³-hybridized carbons (Fsp3) is 0.381. The number of carbonyl (C=O) groups excluding carboxylic acids is 1. The molecule has 1 saturated heterocycles. The van der Waals surface area contributed by atoms with Gasteiger partial charge in [0.15, 0.2) is 0 Å². The second-order valence-corrected chi connectivity index (χ2v) is 6.78. The van der Waals surface area contributed by atoms with E-state index in [9.17, 15) is 9.18 Å². The van der Waals surface area contributed by atoms with Gasteiger partial charge in [0.1, 0.15) is 5.82 Å². The average Bonchev–Trinajstić information content (AvgIpc) is 2.62. The van der Waals surface area contributed by atoms with Crippen LogP contribution in [0.5, 0.6) is 0 Å². The summed E-state index contributed by atoms with van der Waals surface area (Å²) in [6.07, 6.45) is 0.164. The summed E-state index contributed by atoms with van der Waals surface area (Å²) in [7, 11) is 0. The number of anilines is 2. The number of likely N-dealkylation sites (N-methyl/N-ethyl adjacent to an activating group) is 1. The van der Waals surface area contributed by atoms with E-state index in [2.05, 4.69) is 35.0 Å². The Labute approximate surface area is 154 Å². The summed E-state index contributed by atoms with van der Waals surface area (Å²) in [6.45, 7) is 9.60. The Morgan fingerprint density at radius 1 is 1.12 bits per heavy atom. The fourth-order valence-electron chi connectivity index (χ4n) is 3.43. The van der Waals surface area contributed by atoms with E-state index in [1.54, 1.807) is 12.1 Å². The highest BCUT2D eigenvalue weighted by Gasteiger charge is 2.17. The number of carbonyl (C=O) groups is 1. The zero-order valence-electron chi connectivity index (χ0n) is 15.5. The Morgan fingerprint density at radius 2 is 1.88 bits per heavy atom. The molecule has 0 aliphatic carbocycles. The molecule has 0 unspecified atom stereocenters. The van der Waals surface area contributed by atoms with Gasteiger partial charge in [-0.3, -0.25) is 4.79 Å². The molecule has 0 radical (unpaired) electrons. The van der Waals surface area contributed by atoms with Crippen molar-refractivity contribution in [3.8, 4) is 0 Å². The van der Waals surface area contributed by atoms with Crippen LogP contribution in [0, 0.1) is 12.7 Å². The van der Waals surface area contributed by atoms with Gasteiger partial charge in [-0.1, -0.05) is 19.1 Å². The summed E-state index contributed by atoms with van der Waals surface area (Å²) in [5, 5.41) is 2.91. The summed E-state index contributed by atoms with van der Waals surface area (Å²) >= 11 is 0. The van der Waals surface area contributed by atoms with Crippen molar-refractivity contribution in [3.63, 3.8) is 0 Å². The number of piperazine rings is 1. The third kappa shape index (κ3) is 4.61. The van der Waals surface area contributed by atoms with Crippen LogP contribution in [0.2, 0.25) is 0 Å². The molecule has 1 heterocycles. The molecule has 0 spiro atoms. The lowest BCUT2D eigenvalue weighted by molar-refractivity contribution is -0.115. The summed E-state index contributed by atoms with van der Waals surface area (Å²) in [5.74, 6) is -0.460. The molecule has 3 rings (SSSR count). The van der Waals surface area contributed by atoms with Crippen molar-refractivity contribution in [1.29, 1.82) is 0 Å². The van der Waals surface area contributed by atoms with Gasteiger partial charge in [0.25, 0.3) is 0 Å². The fourth-order valence-corrected chi connectivity index (χ4v) is 3.43. The average molecular weight is 355 g/mol. The smallest absolute Gasteiger partial charge is 0.228 e. The number of rotatable bonds is 5. The molecule has 5 heteroatoms. The van der Waals surface area contributed by atoms with Crippen LogP contribution in [-0.2, 0) is 11.2 Å². The summed E-state index contributed by atoms with van der Waals surface area (Å²) in [4.78, 5) is 17.1. The molecule has 1 N–H and O–H groups in total. The van der Waals surface area contributed by atoms with Crippen molar-refractivity contribution in [2.24, 2.45) is 0 Å². The first-order chi connectivity index (χ1) is 12.5. The third-order valence-electron chi connectivity index (χ3n) is 4.89. The molecule has 26 heavy (non-hydrogen) atoms. The molecule has 1 fully saturated rings. The largest absolute Gasteiger partial charge is 0.369 e. The highest BCUT2D eigenvalue weighted by molar-refractivity contribution is 5.92. The molecule has 1 aliphatic heterocycles. The Bertz CT molecular complexity index is 770. The van der Waals surface area contributed by atoms with E-state index in [0.717, 1.165) is 44.0 Å². The minimum absolute atomic E-state index is 0.140. The summed E-state index contributed by atoms with van der Waals surface area (Å²) in [5.41, 5.74) is 3.83. The summed E-state index contributed by atoms with van der Waals surface area (Å²) < 4.78 is 13.2. The predicted molar refractivity (Wildman–Crippen MR) is 104 cm³/mol. The van der Waals surface area contributed by atoms with Crippen molar-refractivity contribution < 1.29 is 9.18 Å². The molecule has 0 atom stereocenters. The van der Waals surface area contributed by atoms with Gasteiger partial charge in [-0.15, -0.1) is 0 Å². The van der Waals surface area contributed by atoms with E-state index in [1.807, 2.05) is 12.1 Å². The van der Waals surface area contributed by atoms with Crippen molar-refractivity contribution in [3.05, 3.63) is 59.4 Å². The number of nitrogens with zero attached hydrogens (tertiary/aromatic N) is 2. The predicted octanol–water partition coefficient (Wildman–Crippen LogP) is 3.46. The zero-order chi connectivity index (χ0) is 18.5. The lowest BCUT2D eigenvalue weighted by Gasteiger charge is -2.36. The minimum atomic E-state index is -0.321. The second-order valence-electron chi connectivity index (χ2n) is 6.78. The highest BCUT2D eigenvalue weighted by atomic mass is 19.1. The second kappa shape index (κ2) is 8.32. The first-order valence-corrected chi connectivity index (χ1v) is 9.17. The molecule has 1 amide bonds. The lowest BCUT2D eigenvalue weighted by atomic mass is 10.1. The quantitative estimate of drug-likeness (QED) is 0.892. The van der Waals surface area contributed by atoms with Gasteiger partial charge < -0.3 is 15.1 Å². The molecule has 2 aromatic carbocycles. The molecule has 0 saturated carbocycles. The maximum Gasteiger partial charge on any atom is 0.228 e. The molecule has 138 valence electrons. The van der Waals surface area contributed by atoms with Crippen LogP contribution in [-0.4, -0.2) is 43.5 Å². The monoisotopic (exact) mass is 355 g/mol. The van der Waals surface area contributed by atoms with E-state index in [1.165, 1.54) is 17.8 Å². The van der Waals surface area contributed by atoms with Crippen molar-refractivity contribution in [1.82, 2.24) is 4.90 Å². The topological polar surface area (TPSA) is 35.6 Å². The molecular weight excluding hydrogens is 329 g/mol. The number of hydrogen-bond acceptors (Lipinski definition) is 3. The van der Waals surface area contributed by atoms with Crippen molar-refractivity contribution in [2.45, 2.75) is 20.3 Å². The zero-order valence-corrected chi connectivity index (χ0v) is 15.5. The van der Waals surface area contributed by atoms with E-state index in [4.69, 9.17) is 0 Å². The SMILES string of the molecule is CCN1CCN(c2ccc(NC(=O)Cc3cccc(F)c3)cc2C)CC1. The number of hydrogen-bond donors (Lipinski definition) is 1. The van der Waals surface area contributed by atoms with E-state index in [-0.39, 0.29) is 18.1 Å². The lowest BCUT2D eigenvalue weighted by Crippen LogP contribution is -2.46. The number of amides is 1. The van der Waals surface area contributed by atoms with E-state index >= 15 is 0 Å². The van der Waals surface area contributed by atoms with Crippen LogP contribution in [0.3, 0.4) is 0 Å². The van der Waals surface area contributed by atoms with Gasteiger partial charge in [0.05, 0.1) is 6.42 Å². The molecular formula is C21H26FN3O. The molecule has 0 aromatic heterocycles. The van der Waals surface area contributed by atoms with Crippen LogP contribution in [0.25, 0.3) is 0 Å². The number of aryl methyl sites for hydroxylation is 1. The van der Waals surface area contributed by atoms with Crippen LogP contribution >= 0.6 is 0 Å². The van der Waals surface area contributed by atoms with Gasteiger partial charge in [0, 0.05) is 37.6 Å². The van der Waals surface area contributed by atoms with Crippen molar-refractivity contribution >= 4 is 17.3 Å². The molecule has 4 nitrogen and oxygen atoms in total. The molecule has 0 bridgehead atoms. The maximum absolute atomic E-state index is 13.2. The van der Waals surface area contributed by atoms with E-state index < -0.39 is 0 Å². The third-order valence-corrected chi connectivity index (χ3v) is 4.89. The van der Waals surface area contributed by atoms with Gasteiger partial charge >= 0.3 is 0 Å². The Balaban J connectivity index is 1.61. The molecule has 2 aromatic rings. The number of halogens is 1. The first kappa shape index (κ1) is 18.4. The minimum Gasteiger partial charge on any atom is -0.369 e. The van der Waals surface area contributed by atoms with Crippen LogP contribution < -0.4 is 10.2 Å². The van der Waals surface area contributed by atoms with Crippen LogP contribution in [0.15, 0.2) is 42.5 Å². The van der Waals surface area contributed by atoms with Crippen LogP contribution in [0.4, 0.5) is 15.8 Å². The normalized spacial score (nSPS) is 15.1. The van der Waals surface area contributed by atoms with E-state index in [0.29, 0.717) is 5.56 Å². The van der Waals surface area contributed by atoms with Gasteiger partial charge in [-0.25, -0.2) is 4.39 Å². The summed E-state index contributed by atoms with van der Waals surface area (Å²) in [6, 6.07) is 12.2. The van der Waals surface area contributed by atoms with Gasteiger partial charge in [-0.05, 0) is 54.9 Å². The van der Waals surface area contributed by atoms with Crippen LogP contribution in [0.1, 0.15) is 18.1 Å². The Morgan fingerprint density at radius 3 is 2.54 bits per heavy atom. The Hall–Kier alpha value is -2.40. The maximum atomic E-state index is 13.2. The first-order valence-electron chi connectivity index (χ1n) is 9.17. The van der Waals surface area contributed by atoms with Crippen molar-refractivity contribution in [2.75, 3.05) is 42.9 Å². The number of benzene rings is 2. The van der Waals surface area contributed by atoms with Gasteiger partial charge in [-0.2, -0.15) is 0 Å². The Kier molecular flexibility index (Phi) is 5.89. The molecule has 1 aliphatic rings. The number of nitrogens with one attached hydrogen (secondary N) is 1.